The zero-order chi connectivity index (χ0) is 23.4. The Balaban J connectivity index is 1.55. The van der Waals surface area contributed by atoms with Crippen molar-refractivity contribution in [3.63, 3.8) is 0 Å². The monoisotopic (exact) mass is 452 g/mol. The van der Waals surface area contributed by atoms with Crippen LogP contribution in [0.15, 0.2) is 54.3 Å². The molecule has 2 aromatic rings. The summed E-state index contributed by atoms with van der Waals surface area (Å²) >= 11 is 0. The molecule has 0 saturated carbocycles. The van der Waals surface area contributed by atoms with Crippen molar-refractivity contribution in [2.75, 3.05) is 31.1 Å². The number of rotatable bonds is 5. The normalized spacial score (nSPS) is 19.2. The zero-order valence-electron chi connectivity index (χ0n) is 18.3. The summed E-state index contributed by atoms with van der Waals surface area (Å²) in [6.07, 6.45) is 2.89. The molecule has 2 aliphatic heterocycles. The third kappa shape index (κ3) is 5.05. The third-order valence-corrected chi connectivity index (χ3v) is 5.69. The van der Waals surface area contributed by atoms with E-state index in [1.807, 2.05) is 0 Å². The van der Waals surface area contributed by atoms with E-state index in [2.05, 4.69) is 0 Å². The molecule has 1 atom stereocenters. The summed E-state index contributed by atoms with van der Waals surface area (Å²) in [6, 6.07) is 12.6. The number of piperidine rings is 1. The summed E-state index contributed by atoms with van der Waals surface area (Å²) in [5.74, 6) is -1.28. The molecule has 7 nitrogen and oxygen atoms in total. The molecule has 0 N–H and O–H groups in total. The molecule has 0 spiro atoms. The summed E-state index contributed by atoms with van der Waals surface area (Å²) in [5, 5.41) is 0. The smallest absolute Gasteiger partial charge is 0.310 e. The first kappa shape index (κ1) is 22.5. The number of amides is 2. The van der Waals surface area contributed by atoms with Gasteiger partial charge in [-0.2, -0.15) is 0 Å². The van der Waals surface area contributed by atoms with Crippen LogP contribution in [0.25, 0.3) is 6.08 Å². The van der Waals surface area contributed by atoms with Gasteiger partial charge in [-0.05, 0) is 55.7 Å². The van der Waals surface area contributed by atoms with Crippen molar-refractivity contribution >= 4 is 29.5 Å². The van der Waals surface area contributed by atoms with Gasteiger partial charge in [-0.3, -0.25) is 19.3 Å². The predicted molar refractivity (Wildman–Crippen MR) is 120 cm³/mol. The number of hydrogen-bond acceptors (Lipinski definition) is 5. The number of carbonyl (C=O) groups excluding carboxylic acids is 3. The number of likely N-dealkylation sites (tertiary alicyclic amines) is 1. The third-order valence-electron chi connectivity index (χ3n) is 5.69. The van der Waals surface area contributed by atoms with Gasteiger partial charge in [0.05, 0.1) is 18.2 Å². The number of ether oxygens (including phenoxy) is 2. The van der Waals surface area contributed by atoms with Crippen molar-refractivity contribution < 1.29 is 28.2 Å². The lowest BCUT2D eigenvalue weighted by atomic mass is 9.98. The van der Waals surface area contributed by atoms with Crippen molar-refractivity contribution in [1.82, 2.24) is 4.90 Å². The van der Waals surface area contributed by atoms with Gasteiger partial charge >= 0.3 is 5.97 Å². The molecule has 8 heteroatoms. The molecule has 1 unspecified atom stereocenters. The van der Waals surface area contributed by atoms with Crippen LogP contribution in [0, 0.1) is 11.7 Å². The van der Waals surface area contributed by atoms with Gasteiger partial charge < -0.3 is 14.4 Å². The van der Waals surface area contributed by atoms with Crippen LogP contribution >= 0.6 is 0 Å². The average Bonchev–Trinajstić information content (AvgIpc) is 2.83. The molecule has 4 rings (SSSR count). The molecule has 2 amide bonds. The van der Waals surface area contributed by atoms with E-state index < -0.39 is 5.91 Å². The Morgan fingerprint density at radius 3 is 2.70 bits per heavy atom. The second kappa shape index (κ2) is 9.85. The minimum atomic E-state index is -0.467. The van der Waals surface area contributed by atoms with E-state index in [0.717, 1.165) is 0 Å². The Morgan fingerprint density at radius 2 is 1.94 bits per heavy atom. The summed E-state index contributed by atoms with van der Waals surface area (Å²) in [6.45, 7) is 2.66. The highest BCUT2D eigenvalue weighted by molar-refractivity contribution is 6.12. The second-order valence-corrected chi connectivity index (χ2v) is 7.95. The van der Waals surface area contributed by atoms with Crippen LogP contribution < -0.4 is 9.64 Å². The van der Waals surface area contributed by atoms with Gasteiger partial charge in [0.2, 0.25) is 5.91 Å². The number of esters is 1. The molecule has 2 heterocycles. The number of hydrogen-bond donors (Lipinski definition) is 0. The molecule has 0 aromatic heterocycles. The molecular formula is C25H25FN2O5. The Labute approximate surface area is 191 Å². The lowest BCUT2D eigenvalue weighted by Crippen LogP contribution is -2.49. The molecule has 0 aliphatic carbocycles. The first-order valence-corrected chi connectivity index (χ1v) is 11.0. The summed E-state index contributed by atoms with van der Waals surface area (Å²) in [7, 11) is 0. The Bertz CT molecular complexity index is 1080. The number of fused-ring (bicyclic) bond motifs is 1. The quantitative estimate of drug-likeness (QED) is 0.514. The molecule has 0 bridgehead atoms. The number of benzene rings is 2. The average molecular weight is 452 g/mol. The van der Waals surface area contributed by atoms with Crippen LogP contribution in [0.4, 0.5) is 10.1 Å². The first-order valence-electron chi connectivity index (χ1n) is 11.0. The maximum absolute atomic E-state index is 13.2. The van der Waals surface area contributed by atoms with Gasteiger partial charge in [0.1, 0.15) is 12.4 Å². The molecule has 1 fully saturated rings. The van der Waals surface area contributed by atoms with Gasteiger partial charge in [0, 0.05) is 13.1 Å². The van der Waals surface area contributed by atoms with E-state index in [0.29, 0.717) is 43.0 Å². The standard InChI is InChI=1S/C25H25FN2O5/c1-2-32-25(31)18-6-5-13-27(15-18)23(29)16-28-20-7-3-4-8-21(20)33-22(24(28)30)14-17-9-11-19(26)12-10-17/h3-4,7-12,14,18H,2,5-6,13,15-16H2,1H3. The highest BCUT2D eigenvalue weighted by Crippen LogP contribution is 2.35. The van der Waals surface area contributed by atoms with Crippen molar-refractivity contribution in [2.45, 2.75) is 19.8 Å². The van der Waals surface area contributed by atoms with Gasteiger partial charge in [-0.1, -0.05) is 24.3 Å². The molecule has 172 valence electrons. The molecule has 0 radical (unpaired) electrons. The topological polar surface area (TPSA) is 76.2 Å². The fourth-order valence-electron chi connectivity index (χ4n) is 4.02. The number of para-hydroxylation sites is 2. The maximum atomic E-state index is 13.2. The summed E-state index contributed by atoms with van der Waals surface area (Å²) in [5.41, 5.74) is 1.09. The van der Waals surface area contributed by atoms with Crippen molar-refractivity contribution in [3.8, 4) is 5.75 Å². The molecule has 2 aliphatic rings. The Hall–Kier alpha value is -3.68. The number of carbonyl (C=O) groups is 3. The van der Waals surface area contributed by atoms with Gasteiger partial charge in [0.25, 0.3) is 5.91 Å². The van der Waals surface area contributed by atoms with Crippen molar-refractivity contribution in [2.24, 2.45) is 5.92 Å². The molecule has 33 heavy (non-hydrogen) atoms. The minimum absolute atomic E-state index is 0.0381. The van der Waals surface area contributed by atoms with Crippen molar-refractivity contribution in [3.05, 3.63) is 65.7 Å². The lowest BCUT2D eigenvalue weighted by molar-refractivity contribution is -0.151. The van der Waals surface area contributed by atoms with E-state index in [1.165, 1.54) is 35.2 Å². The predicted octanol–water partition coefficient (Wildman–Crippen LogP) is 3.39. The van der Waals surface area contributed by atoms with Crippen LogP contribution in [0.3, 0.4) is 0 Å². The minimum Gasteiger partial charge on any atom is -0.466 e. The van der Waals surface area contributed by atoms with Crippen LogP contribution in [0.5, 0.6) is 5.75 Å². The summed E-state index contributed by atoms with van der Waals surface area (Å²) in [4.78, 5) is 41.5. The van der Waals surface area contributed by atoms with E-state index >= 15 is 0 Å². The highest BCUT2D eigenvalue weighted by Gasteiger charge is 2.35. The van der Waals surface area contributed by atoms with E-state index in [-0.39, 0.29) is 42.5 Å². The zero-order valence-corrected chi connectivity index (χ0v) is 18.3. The van der Waals surface area contributed by atoms with Crippen molar-refractivity contribution in [1.29, 1.82) is 0 Å². The number of nitrogens with zero attached hydrogens (tertiary/aromatic N) is 2. The van der Waals surface area contributed by atoms with Gasteiger partial charge in [0.15, 0.2) is 11.5 Å². The fourth-order valence-corrected chi connectivity index (χ4v) is 4.02. The van der Waals surface area contributed by atoms with E-state index in [4.69, 9.17) is 9.47 Å². The second-order valence-electron chi connectivity index (χ2n) is 7.95. The molecular weight excluding hydrogens is 427 g/mol. The SMILES string of the molecule is CCOC(=O)C1CCCN(C(=O)CN2C(=O)C(=Cc3ccc(F)cc3)Oc3ccccc32)C1. The number of anilines is 1. The highest BCUT2D eigenvalue weighted by atomic mass is 19.1. The molecule has 2 aromatic carbocycles. The van der Waals surface area contributed by atoms with E-state index in [9.17, 15) is 18.8 Å². The van der Waals surface area contributed by atoms with Crippen LogP contribution in [-0.4, -0.2) is 48.9 Å². The Kier molecular flexibility index (Phi) is 6.72. The van der Waals surface area contributed by atoms with E-state index in [1.54, 1.807) is 36.1 Å². The van der Waals surface area contributed by atoms with Crippen LogP contribution in [-0.2, 0) is 19.1 Å². The van der Waals surface area contributed by atoms with Gasteiger partial charge in [-0.25, -0.2) is 4.39 Å². The van der Waals surface area contributed by atoms with Gasteiger partial charge in [-0.15, -0.1) is 0 Å². The molecule has 1 saturated heterocycles. The summed E-state index contributed by atoms with van der Waals surface area (Å²) < 4.78 is 24.2. The lowest BCUT2D eigenvalue weighted by Gasteiger charge is -2.35. The first-order chi connectivity index (χ1) is 16.0. The maximum Gasteiger partial charge on any atom is 0.310 e. The fraction of sp³-hybridized carbons (Fsp3) is 0.320. The van der Waals surface area contributed by atoms with Crippen LogP contribution in [0.2, 0.25) is 0 Å². The Morgan fingerprint density at radius 1 is 1.18 bits per heavy atom. The number of halogens is 1. The van der Waals surface area contributed by atoms with Crippen LogP contribution in [0.1, 0.15) is 25.3 Å². The largest absolute Gasteiger partial charge is 0.466 e.